The normalized spacial score (nSPS) is 10.9. The lowest BCUT2D eigenvalue weighted by molar-refractivity contribution is 0.884. The summed E-state index contributed by atoms with van der Waals surface area (Å²) in [6.45, 7) is 2.00. The SMILES string of the molecule is Cc1ccccc1-n1[nH]c(=O)c2cccc(N)c21. The Morgan fingerprint density at radius 2 is 1.89 bits per heavy atom. The lowest BCUT2D eigenvalue weighted by Crippen LogP contribution is -2.05. The van der Waals surface area contributed by atoms with Gasteiger partial charge in [0.05, 0.1) is 22.3 Å². The van der Waals surface area contributed by atoms with Crippen molar-refractivity contribution in [3.8, 4) is 5.69 Å². The van der Waals surface area contributed by atoms with Gasteiger partial charge in [0.15, 0.2) is 0 Å². The Balaban J connectivity index is 2.45. The van der Waals surface area contributed by atoms with Gasteiger partial charge in [-0.15, -0.1) is 0 Å². The van der Waals surface area contributed by atoms with E-state index in [-0.39, 0.29) is 5.56 Å². The quantitative estimate of drug-likeness (QED) is 0.639. The van der Waals surface area contributed by atoms with Gasteiger partial charge in [-0.2, -0.15) is 0 Å². The Labute approximate surface area is 104 Å². The van der Waals surface area contributed by atoms with E-state index >= 15 is 0 Å². The topological polar surface area (TPSA) is 63.8 Å². The molecule has 0 amide bonds. The van der Waals surface area contributed by atoms with E-state index in [0.717, 1.165) is 16.8 Å². The molecule has 0 atom stereocenters. The zero-order valence-corrected chi connectivity index (χ0v) is 9.97. The maximum Gasteiger partial charge on any atom is 0.272 e. The highest BCUT2D eigenvalue weighted by atomic mass is 16.1. The predicted octanol–water partition coefficient (Wildman–Crippen LogP) is 2.21. The van der Waals surface area contributed by atoms with Gasteiger partial charge >= 0.3 is 0 Å². The van der Waals surface area contributed by atoms with Gasteiger partial charge < -0.3 is 5.73 Å². The maximum absolute atomic E-state index is 11.9. The third-order valence-electron chi connectivity index (χ3n) is 3.11. The average Bonchev–Trinajstić information content (AvgIpc) is 2.69. The number of H-pyrrole nitrogens is 1. The molecule has 3 aromatic rings. The molecule has 0 unspecified atom stereocenters. The lowest BCUT2D eigenvalue weighted by atomic mass is 10.2. The molecule has 0 fully saturated rings. The standard InChI is InChI=1S/C14H13N3O/c1-9-5-2-3-8-12(9)17-13-10(14(18)16-17)6-4-7-11(13)15/h2-8H,15H2,1H3,(H,16,18). The smallest absolute Gasteiger partial charge is 0.272 e. The fourth-order valence-electron chi connectivity index (χ4n) is 2.21. The first-order chi connectivity index (χ1) is 8.68. The largest absolute Gasteiger partial charge is 0.397 e. The molecule has 0 saturated carbocycles. The van der Waals surface area contributed by atoms with Gasteiger partial charge in [-0.3, -0.25) is 14.6 Å². The number of aromatic amines is 1. The number of anilines is 1. The minimum Gasteiger partial charge on any atom is -0.397 e. The first-order valence-corrected chi connectivity index (χ1v) is 5.73. The molecule has 1 heterocycles. The summed E-state index contributed by atoms with van der Waals surface area (Å²) >= 11 is 0. The molecule has 0 spiro atoms. The van der Waals surface area contributed by atoms with Crippen LogP contribution >= 0.6 is 0 Å². The Bertz CT molecular complexity index is 783. The summed E-state index contributed by atoms with van der Waals surface area (Å²) in [5, 5.41) is 3.44. The highest BCUT2D eigenvalue weighted by Crippen LogP contribution is 2.22. The number of nitrogens with two attached hydrogens (primary N) is 1. The molecule has 0 aliphatic rings. The molecule has 18 heavy (non-hydrogen) atoms. The van der Waals surface area contributed by atoms with Crippen LogP contribution in [0.1, 0.15) is 5.56 Å². The van der Waals surface area contributed by atoms with Crippen LogP contribution in [0.15, 0.2) is 47.3 Å². The highest BCUT2D eigenvalue weighted by Gasteiger charge is 2.11. The van der Waals surface area contributed by atoms with E-state index in [9.17, 15) is 4.79 Å². The van der Waals surface area contributed by atoms with Crippen molar-refractivity contribution in [1.29, 1.82) is 0 Å². The molecule has 3 N–H and O–H groups in total. The number of aromatic nitrogens is 2. The number of aryl methyl sites for hydroxylation is 1. The zero-order valence-electron chi connectivity index (χ0n) is 9.97. The average molecular weight is 239 g/mol. The summed E-state index contributed by atoms with van der Waals surface area (Å²) in [6.07, 6.45) is 0. The molecule has 0 bridgehead atoms. The van der Waals surface area contributed by atoms with Crippen LogP contribution in [0.5, 0.6) is 0 Å². The van der Waals surface area contributed by atoms with Gasteiger partial charge in [0.2, 0.25) is 0 Å². The van der Waals surface area contributed by atoms with Crippen LogP contribution in [-0.4, -0.2) is 9.78 Å². The summed E-state index contributed by atoms with van der Waals surface area (Å²) in [5.41, 5.74) is 9.19. The van der Waals surface area contributed by atoms with Crippen LogP contribution < -0.4 is 11.3 Å². The molecule has 4 heteroatoms. The van der Waals surface area contributed by atoms with Gasteiger partial charge in [0, 0.05) is 0 Å². The first kappa shape index (κ1) is 10.7. The van der Waals surface area contributed by atoms with Crippen LogP contribution in [0.2, 0.25) is 0 Å². The van der Waals surface area contributed by atoms with E-state index in [4.69, 9.17) is 5.73 Å². The van der Waals surface area contributed by atoms with E-state index in [1.807, 2.05) is 31.2 Å². The Morgan fingerprint density at radius 3 is 2.67 bits per heavy atom. The lowest BCUT2D eigenvalue weighted by Gasteiger charge is -2.08. The van der Waals surface area contributed by atoms with Crippen molar-refractivity contribution >= 4 is 16.6 Å². The number of fused-ring (bicyclic) bond motifs is 1. The number of nitrogens with zero attached hydrogens (tertiary/aromatic N) is 1. The predicted molar refractivity (Wildman–Crippen MR) is 73.0 cm³/mol. The summed E-state index contributed by atoms with van der Waals surface area (Å²) in [7, 11) is 0. The Hall–Kier alpha value is -2.49. The Kier molecular flexibility index (Phi) is 2.23. The van der Waals surface area contributed by atoms with Gasteiger partial charge in [-0.1, -0.05) is 24.3 Å². The van der Waals surface area contributed by atoms with Crippen LogP contribution in [0, 0.1) is 6.92 Å². The third-order valence-corrected chi connectivity index (χ3v) is 3.11. The fraction of sp³-hybridized carbons (Fsp3) is 0.0714. The van der Waals surface area contributed by atoms with Crippen molar-refractivity contribution in [1.82, 2.24) is 9.78 Å². The molecular weight excluding hydrogens is 226 g/mol. The monoisotopic (exact) mass is 239 g/mol. The van der Waals surface area contributed by atoms with Crippen molar-refractivity contribution < 1.29 is 0 Å². The molecule has 1 aromatic heterocycles. The number of rotatable bonds is 1. The summed E-state index contributed by atoms with van der Waals surface area (Å²) in [4.78, 5) is 11.9. The minimum atomic E-state index is -0.124. The van der Waals surface area contributed by atoms with E-state index in [1.54, 1.807) is 22.9 Å². The fourth-order valence-corrected chi connectivity index (χ4v) is 2.21. The Morgan fingerprint density at radius 1 is 1.11 bits per heavy atom. The molecule has 2 aromatic carbocycles. The van der Waals surface area contributed by atoms with Gasteiger partial charge in [-0.25, -0.2) is 0 Å². The number of benzene rings is 2. The van der Waals surface area contributed by atoms with E-state index in [2.05, 4.69) is 5.10 Å². The molecular formula is C14H13N3O. The summed E-state index contributed by atoms with van der Waals surface area (Å²) < 4.78 is 1.75. The third kappa shape index (κ3) is 1.43. The van der Waals surface area contributed by atoms with E-state index < -0.39 is 0 Å². The molecule has 0 radical (unpaired) electrons. The van der Waals surface area contributed by atoms with Gasteiger partial charge in [0.1, 0.15) is 0 Å². The number of hydrogen-bond donors (Lipinski definition) is 2. The summed E-state index contributed by atoms with van der Waals surface area (Å²) in [6, 6.07) is 13.2. The number of para-hydroxylation sites is 2. The molecule has 3 rings (SSSR count). The minimum absolute atomic E-state index is 0.124. The van der Waals surface area contributed by atoms with Crippen molar-refractivity contribution in [2.24, 2.45) is 0 Å². The van der Waals surface area contributed by atoms with Crippen LogP contribution in [0.25, 0.3) is 16.6 Å². The van der Waals surface area contributed by atoms with Crippen molar-refractivity contribution in [2.75, 3.05) is 5.73 Å². The molecule has 0 aliphatic carbocycles. The van der Waals surface area contributed by atoms with Crippen LogP contribution in [0.3, 0.4) is 0 Å². The van der Waals surface area contributed by atoms with E-state index in [0.29, 0.717) is 11.1 Å². The number of nitrogen functional groups attached to an aromatic ring is 1. The zero-order chi connectivity index (χ0) is 12.7. The van der Waals surface area contributed by atoms with Gasteiger partial charge in [0.25, 0.3) is 5.56 Å². The number of hydrogen-bond acceptors (Lipinski definition) is 2. The summed E-state index contributed by atoms with van der Waals surface area (Å²) in [5.74, 6) is 0. The highest BCUT2D eigenvalue weighted by molar-refractivity contribution is 5.90. The molecule has 4 nitrogen and oxygen atoms in total. The molecule has 0 aliphatic heterocycles. The van der Waals surface area contributed by atoms with Crippen molar-refractivity contribution in [3.05, 3.63) is 58.4 Å². The van der Waals surface area contributed by atoms with Crippen molar-refractivity contribution in [3.63, 3.8) is 0 Å². The maximum atomic E-state index is 11.9. The van der Waals surface area contributed by atoms with E-state index in [1.165, 1.54) is 0 Å². The van der Waals surface area contributed by atoms with Gasteiger partial charge in [-0.05, 0) is 30.7 Å². The number of nitrogens with one attached hydrogen (secondary N) is 1. The second kappa shape index (κ2) is 3.77. The van der Waals surface area contributed by atoms with Crippen LogP contribution in [-0.2, 0) is 0 Å². The first-order valence-electron chi connectivity index (χ1n) is 5.73. The second-order valence-corrected chi connectivity index (χ2v) is 4.31. The van der Waals surface area contributed by atoms with Crippen molar-refractivity contribution in [2.45, 2.75) is 6.92 Å². The second-order valence-electron chi connectivity index (χ2n) is 4.31. The van der Waals surface area contributed by atoms with Crippen LogP contribution in [0.4, 0.5) is 5.69 Å². The molecule has 0 saturated heterocycles. The molecule has 90 valence electrons.